The minimum Gasteiger partial charge on any atom is -0.310 e. The fourth-order valence-corrected chi connectivity index (χ4v) is 2.68. The lowest BCUT2D eigenvalue weighted by Crippen LogP contribution is -2.15. The van der Waals surface area contributed by atoms with Gasteiger partial charge in [0.15, 0.2) is 0 Å². The number of H-pyrrole nitrogens is 1. The summed E-state index contributed by atoms with van der Waals surface area (Å²) in [6.07, 6.45) is 4.87. The van der Waals surface area contributed by atoms with Crippen LogP contribution in [0.4, 0.5) is 0 Å². The van der Waals surface area contributed by atoms with E-state index in [2.05, 4.69) is 30.7 Å². The van der Waals surface area contributed by atoms with Crippen LogP contribution in [0.25, 0.3) is 0 Å². The van der Waals surface area contributed by atoms with E-state index in [4.69, 9.17) is 0 Å². The van der Waals surface area contributed by atoms with Crippen LogP contribution < -0.4 is 5.56 Å². The lowest BCUT2D eigenvalue weighted by molar-refractivity contribution is 0.515. The van der Waals surface area contributed by atoms with Gasteiger partial charge in [-0.25, -0.2) is 4.98 Å². The summed E-state index contributed by atoms with van der Waals surface area (Å²) in [6.45, 7) is 6.40. The van der Waals surface area contributed by atoms with Crippen LogP contribution in [0.3, 0.4) is 0 Å². The van der Waals surface area contributed by atoms with Crippen molar-refractivity contribution in [2.24, 2.45) is 5.92 Å². The summed E-state index contributed by atoms with van der Waals surface area (Å²) >= 11 is 0. The topological polar surface area (TPSA) is 45.8 Å². The van der Waals surface area contributed by atoms with E-state index < -0.39 is 0 Å². The van der Waals surface area contributed by atoms with E-state index in [9.17, 15) is 4.79 Å². The molecule has 2 unspecified atom stereocenters. The molecule has 1 fully saturated rings. The lowest BCUT2D eigenvalue weighted by atomic mass is 10.0. The van der Waals surface area contributed by atoms with E-state index in [0.29, 0.717) is 11.8 Å². The predicted molar refractivity (Wildman–Crippen MR) is 69.3 cm³/mol. The monoisotopic (exact) mass is 234 g/mol. The van der Waals surface area contributed by atoms with E-state index in [1.807, 2.05) is 0 Å². The van der Waals surface area contributed by atoms with Crippen molar-refractivity contribution in [2.45, 2.75) is 58.3 Å². The van der Waals surface area contributed by atoms with Crippen LogP contribution in [-0.2, 0) is 0 Å². The molecule has 1 aromatic rings. The molecule has 0 radical (unpaired) electrons. The van der Waals surface area contributed by atoms with E-state index >= 15 is 0 Å². The average Bonchev–Trinajstić information content (AvgIpc) is 2.76. The maximum atomic E-state index is 11.6. The molecule has 0 bridgehead atoms. The fourth-order valence-electron chi connectivity index (χ4n) is 2.68. The molecule has 0 amide bonds. The number of rotatable bonds is 3. The number of hydrogen-bond acceptors (Lipinski definition) is 2. The first-order valence-electron chi connectivity index (χ1n) is 6.71. The summed E-state index contributed by atoms with van der Waals surface area (Å²) in [4.78, 5) is 19.2. The number of nitrogens with zero attached hydrogens (tertiary/aromatic N) is 1. The maximum Gasteiger partial charge on any atom is 0.251 e. The van der Waals surface area contributed by atoms with Gasteiger partial charge < -0.3 is 4.98 Å². The third kappa shape index (κ3) is 2.76. The van der Waals surface area contributed by atoms with Gasteiger partial charge in [-0.1, -0.05) is 27.2 Å². The zero-order chi connectivity index (χ0) is 12.4. The van der Waals surface area contributed by atoms with Gasteiger partial charge in [-0.3, -0.25) is 4.79 Å². The van der Waals surface area contributed by atoms with Crippen LogP contribution in [0.5, 0.6) is 0 Å². The van der Waals surface area contributed by atoms with Crippen molar-refractivity contribution in [3.05, 3.63) is 27.9 Å². The van der Waals surface area contributed by atoms with Crippen molar-refractivity contribution in [1.82, 2.24) is 9.97 Å². The number of nitrogens with one attached hydrogen (secondary N) is 1. The Bertz CT molecular complexity index is 436. The molecule has 94 valence electrons. The summed E-state index contributed by atoms with van der Waals surface area (Å²) < 4.78 is 0. The van der Waals surface area contributed by atoms with E-state index in [1.165, 1.54) is 25.7 Å². The highest BCUT2D eigenvalue weighted by atomic mass is 16.1. The van der Waals surface area contributed by atoms with Gasteiger partial charge in [-0.2, -0.15) is 0 Å². The molecule has 0 aromatic carbocycles. The molecule has 2 rings (SSSR count). The Hall–Kier alpha value is -1.12. The van der Waals surface area contributed by atoms with Crippen LogP contribution in [-0.4, -0.2) is 9.97 Å². The quantitative estimate of drug-likeness (QED) is 0.873. The first-order valence-corrected chi connectivity index (χ1v) is 6.71. The van der Waals surface area contributed by atoms with Gasteiger partial charge in [0.2, 0.25) is 0 Å². The zero-order valence-corrected chi connectivity index (χ0v) is 11.0. The second-order valence-corrected chi connectivity index (χ2v) is 5.49. The molecule has 0 saturated heterocycles. The molecule has 1 heterocycles. The minimum absolute atomic E-state index is 0.00125. The van der Waals surface area contributed by atoms with Crippen molar-refractivity contribution >= 4 is 0 Å². The third-order valence-corrected chi connectivity index (χ3v) is 3.88. The molecule has 0 spiro atoms. The largest absolute Gasteiger partial charge is 0.310 e. The van der Waals surface area contributed by atoms with E-state index in [-0.39, 0.29) is 5.56 Å². The van der Waals surface area contributed by atoms with Crippen molar-refractivity contribution in [3.63, 3.8) is 0 Å². The van der Waals surface area contributed by atoms with Gasteiger partial charge in [-0.05, 0) is 31.1 Å². The first kappa shape index (κ1) is 12.3. The molecule has 17 heavy (non-hydrogen) atoms. The second-order valence-electron chi connectivity index (χ2n) is 5.49. The highest BCUT2D eigenvalue weighted by molar-refractivity contribution is 5.10. The Morgan fingerprint density at radius 2 is 2.24 bits per heavy atom. The first-order chi connectivity index (χ1) is 8.10. The Labute approximate surface area is 103 Å². The van der Waals surface area contributed by atoms with Gasteiger partial charge in [0.25, 0.3) is 5.56 Å². The Morgan fingerprint density at radius 3 is 2.82 bits per heavy atom. The molecular formula is C14H22N2O. The molecule has 2 atom stereocenters. The summed E-state index contributed by atoms with van der Waals surface area (Å²) in [5, 5.41) is 0. The van der Waals surface area contributed by atoms with Crippen LogP contribution in [0.15, 0.2) is 10.9 Å². The fraction of sp³-hybridized carbons (Fsp3) is 0.714. The maximum absolute atomic E-state index is 11.6. The molecule has 0 aliphatic heterocycles. The normalized spacial score (nSPS) is 24.5. The Balaban J connectivity index is 2.24. The average molecular weight is 234 g/mol. The summed E-state index contributed by atoms with van der Waals surface area (Å²) in [5.74, 6) is 2.51. The van der Waals surface area contributed by atoms with Gasteiger partial charge in [0, 0.05) is 12.0 Å². The van der Waals surface area contributed by atoms with Crippen molar-refractivity contribution in [2.75, 3.05) is 0 Å². The van der Waals surface area contributed by atoms with Crippen LogP contribution in [0.2, 0.25) is 0 Å². The molecule has 1 aliphatic rings. The van der Waals surface area contributed by atoms with Crippen LogP contribution in [0.1, 0.15) is 69.8 Å². The molecule has 3 nitrogen and oxygen atoms in total. The molecule has 1 aromatic heterocycles. The second kappa shape index (κ2) is 5.03. The third-order valence-electron chi connectivity index (χ3n) is 3.88. The molecule has 3 heteroatoms. The highest BCUT2D eigenvalue weighted by Crippen LogP contribution is 2.38. The van der Waals surface area contributed by atoms with E-state index in [0.717, 1.165) is 17.4 Å². The number of aromatic nitrogens is 2. The van der Waals surface area contributed by atoms with Crippen molar-refractivity contribution in [1.29, 1.82) is 0 Å². The lowest BCUT2D eigenvalue weighted by Gasteiger charge is -2.12. The number of aromatic amines is 1. The summed E-state index contributed by atoms with van der Waals surface area (Å²) in [7, 11) is 0. The molecular weight excluding hydrogens is 212 g/mol. The molecule has 1 saturated carbocycles. The predicted octanol–water partition coefficient (Wildman–Crippen LogP) is 3.19. The molecule has 1 aliphatic carbocycles. The van der Waals surface area contributed by atoms with Gasteiger partial charge >= 0.3 is 0 Å². The SMILES string of the molecule is CCC1CCC(c2nc(C(C)C)cc(=O)[nH]2)C1. The highest BCUT2D eigenvalue weighted by Gasteiger charge is 2.26. The standard InChI is InChI=1S/C14H22N2O/c1-4-10-5-6-11(7-10)14-15-12(9(2)3)8-13(17)16-14/h8-11H,4-7H2,1-3H3,(H,15,16,17). The minimum atomic E-state index is -0.00125. The summed E-state index contributed by atoms with van der Waals surface area (Å²) in [5.41, 5.74) is 0.919. The Kier molecular flexibility index (Phi) is 3.65. The zero-order valence-electron chi connectivity index (χ0n) is 11.0. The number of hydrogen-bond donors (Lipinski definition) is 1. The molecule has 1 N–H and O–H groups in total. The van der Waals surface area contributed by atoms with Crippen LogP contribution >= 0.6 is 0 Å². The van der Waals surface area contributed by atoms with Gasteiger partial charge in [0.1, 0.15) is 5.82 Å². The van der Waals surface area contributed by atoms with Crippen LogP contribution in [0, 0.1) is 5.92 Å². The summed E-state index contributed by atoms with van der Waals surface area (Å²) in [6, 6.07) is 1.63. The van der Waals surface area contributed by atoms with E-state index in [1.54, 1.807) is 6.07 Å². The van der Waals surface area contributed by atoms with Crippen molar-refractivity contribution < 1.29 is 0 Å². The van der Waals surface area contributed by atoms with Gasteiger partial charge in [0.05, 0.1) is 5.69 Å². The van der Waals surface area contributed by atoms with Gasteiger partial charge in [-0.15, -0.1) is 0 Å². The van der Waals surface area contributed by atoms with Crippen molar-refractivity contribution in [3.8, 4) is 0 Å². The Morgan fingerprint density at radius 1 is 1.47 bits per heavy atom. The smallest absolute Gasteiger partial charge is 0.251 e.